The van der Waals surface area contributed by atoms with E-state index >= 15 is 0 Å². The van der Waals surface area contributed by atoms with Crippen molar-refractivity contribution in [2.75, 3.05) is 0 Å². The Morgan fingerprint density at radius 2 is 1.30 bits per heavy atom. The smallest absolute Gasteiger partial charge is 0.0879 e. The van der Waals surface area contributed by atoms with E-state index in [9.17, 15) is 0 Å². The number of H-pyrrole nitrogens is 2. The highest BCUT2D eigenvalue weighted by Gasteiger charge is 2.37. The van der Waals surface area contributed by atoms with Gasteiger partial charge in [-0.1, -0.05) is 55.4 Å². The molecule has 5 heterocycles. The van der Waals surface area contributed by atoms with Crippen molar-refractivity contribution in [1.29, 1.82) is 0 Å². The zero-order valence-electron chi connectivity index (χ0n) is 26.1. The second-order valence-electron chi connectivity index (χ2n) is 11.4. The van der Waals surface area contributed by atoms with Crippen LogP contribution in [-0.4, -0.2) is 26.9 Å². The van der Waals surface area contributed by atoms with Crippen LogP contribution in [0.25, 0.3) is 18.2 Å². The zero-order valence-corrected chi connectivity index (χ0v) is 26.1. The van der Waals surface area contributed by atoms with Crippen LogP contribution in [0, 0.1) is 0 Å². The van der Waals surface area contributed by atoms with Crippen LogP contribution >= 0.6 is 0 Å². The summed E-state index contributed by atoms with van der Waals surface area (Å²) in [6, 6.07) is 0. The molecular formula is C36H48N4. The minimum atomic E-state index is -0.202. The largest absolute Gasteiger partial charge is 0.358 e. The van der Waals surface area contributed by atoms with Gasteiger partial charge in [0.25, 0.3) is 0 Å². The standard InChI is InChI=1S/C36H48N4/c1-9-22-17-23-18-30-24(10-2)25(11-3)31(37-30)19-32-26(12-4)27(13-5)33(38-32)20-34-28(14-6)29(15-7)35(39-34)21-36(22,16-8)40-23/h17-20,37,39H,9-16,21H2,1-8H3. The fraction of sp³-hybridized carbons (Fsp3) is 0.500. The molecule has 2 aromatic heterocycles. The summed E-state index contributed by atoms with van der Waals surface area (Å²) < 4.78 is 0. The highest BCUT2D eigenvalue weighted by Crippen LogP contribution is 2.39. The number of allylic oxidation sites excluding steroid dienone is 3. The molecule has 3 aliphatic heterocycles. The Bertz CT molecular complexity index is 1590. The van der Waals surface area contributed by atoms with Crippen LogP contribution in [0.5, 0.6) is 0 Å². The fourth-order valence-electron chi connectivity index (χ4n) is 7.51. The van der Waals surface area contributed by atoms with Gasteiger partial charge in [0.15, 0.2) is 0 Å². The first-order valence-corrected chi connectivity index (χ1v) is 15.9. The third kappa shape index (κ3) is 4.54. The Balaban J connectivity index is 1.89. The van der Waals surface area contributed by atoms with Gasteiger partial charge in [-0.2, -0.15) is 0 Å². The predicted octanol–water partition coefficient (Wildman–Crippen LogP) is 7.26. The van der Waals surface area contributed by atoms with Gasteiger partial charge in [0.1, 0.15) is 0 Å². The molecule has 2 aromatic rings. The average Bonchev–Trinajstić information content (AvgIpc) is 3.68. The first kappa shape index (κ1) is 28.4. The zero-order chi connectivity index (χ0) is 28.6. The summed E-state index contributed by atoms with van der Waals surface area (Å²) in [6.45, 7) is 18.3. The van der Waals surface area contributed by atoms with E-state index in [2.05, 4.69) is 89.7 Å². The van der Waals surface area contributed by atoms with Gasteiger partial charge in [0.2, 0.25) is 0 Å². The molecule has 0 radical (unpaired) electrons. The first-order valence-electron chi connectivity index (χ1n) is 15.9. The Morgan fingerprint density at radius 1 is 0.650 bits per heavy atom. The van der Waals surface area contributed by atoms with E-state index in [-0.39, 0.29) is 5.54 Å². The van der Waals surface area contributed by atoms with Crippen molar-refractivity contribution in [3.8, 4) is 0 Å². The van der Waals surface area contributed by atoms with Gasteiger partial charge in [-0.15, -0.1) is 0 Å². The molecule has 0 fully saturated rings. The summed E-state index contributed by atoms with van der Waals surface area (Å²) in [6.07, 6.45) is 18.2. The molecule has 8 bridgehead atoms. The number of nitrogens with zero attached hydrogens (tertiary/aromatic N) is 2. The molecule has 1 unspecified atom stereocenters. The molecule has 0 aliphatic carbocycles. The van der Waals surface area contributed by atoms with E-state index in [0.717, 1.165) is 74.9 Å². The molecule has 40 heavy (non-hydrogen) atoms. The molecule has 2 N–H and O–H groups in total. The van der Waals surface area contributed by atoms with Crippen LogP contribution in [0.4, 0.5) is 0 Å². The Morgan fingerprint density at radius 3 is 1.88 bits per heavy atom. The molecule has 1 atom stereocenters. The Kier molecular flexibility index (Phi) is 8.08. The molecule has 3 aliphatic rings. The molecule has 0 saturated carbocycles. The molecule has 0 spiro atoms. The molecular weight excluding hydrogens is 488 g/mol. The second kappa shape index (κ2) is 11.4. The van der Waals surface area contributed by atoms with Gasteiger partial charge in [0.05, 0.1) is 22.7 Å². The summed E-state index contributed by atoms with van der Waals surface area (Å²) in [5.74, 6) is 0. The fourth-order valence-corrected chi connectivity index (χ4v) is 7.51. The van der Waals surface area contributed by atoms with Gasteiger partial charge in [0, 0.05) is 28.5 Å². The molecule has 0 amide bonds. The van der Waals surface area contributed by atoms with E-state index in [4.69, 9.17) is 9.98 Å². The quantitative estimate of drug-likeness (QED) is 0.357. The van der Waals surface area contributed by atoms with Crippen molar-refractivity contribution in [3.63, 3.8) is 0 Å². The monoisotopic (exact) mass is 536 g/mol. The van der Waals surface area contributed by atoms with Crippen LogP contribution in [0.2, 0.25) is 0 Å². The number of hydrogen-bond acceptors (Lipinski definition) is 2. The summed E-state index contributed by atoms with van der Waals surface area (Å²) in [5, 5.41) is 2.40. The first-order chi connectivity index (χ1) is 19.4. The van der Waals surface area contributed by atoms with Crippen LogP contribution in [0.3, 0.4) is 0 Å². The maximum absolute atomic E-state index is 5.51. The lowest BCUT2D eigenvalue weighted by Crippen LogP contribution is -2.30. The van der Waals surface area contributed by atoms with E-state index < -0.39 is 0 Å². The Hall–Kier alpha value is -3.14. The van der Waals surface area contributed by atoms with E-state index in [0.29, 0.717) is 0 Å². The molecule has 5 rings (SSSR count). The maximum atomic E-state index is 5.51. The highest BCUT2D eigenvalue weighted by molar-refractivity contribution is 6.23. The van der Waals surface area contributed by atoms with Crippen LogP contribution in [0.15, 0.2) is 38.5 Å². The van der Waals surface area contributed by atoms with Gasteiger partial charge in [-0.3, -0.25) is 4.99 Å². The summed E-state index contributed by atoms with van der Waals surface area (Å²) >= 11 is 0. The highest BCUT2D eigenvalue weighted by atomic mass is 14.9. The van der Waals surface area contributed by atoms with Crippen molar-refractivity contribution in [3.05, 3.63) is 72.8 Å². The SMILES string of the molecule is CCC1=CC2=NC1(CC)Cc1[nH]c(c(CC)c1CC)C=C1N=C(C=c3[nH]c(c(CC)c3CC)=C2)C(CC)=C1CC. The third-order valence-electron chi connectivity index (χ3n) is 9.52. The Labute approximate surface area is 240 Å². The van der Waals surface area contributed by atoms with Crippen molar-refractivity contribution >= 4 is 29.7 Å². The molecule has 4 heteroatoms. The number of fused-ring (bicyclic) bond motifs is 6. The van der Waals surface area contributed by atoms with Gasteiger partial charge < -0.3 is 9.97 Å². The van der Waals surface area contributed by atoms with Crippen LogP contribution in [0.1, 0.15) is 115 Å². The molecule has 0 aromatic carbocycles. The van der Waals surface area contributed by atoms with Crippen molar-refractivity contribution in [1.82, 2.24) is 9.97 Å². The van der Waals surface area contributed by atoms with Crippen molar-refractivity contribution in [2.45, 2.75) is 119 Å². The maximum Gasteiger partial charge on any atom is 0.0879 e. The summed E-state index contributed by atoms with van der Waals surface area (Å²) in [4.78, 5) is 18.6. The number of aliphatic imine (C=N–C) groups is 2. The lowest BCUT2D eigenvalue weighted by molar-refractivity contribution is 0.473. The van der Waals surface area contributed by atoms with Gasteiger partial charge in [-0.25, -0.2) is 4.99 Å². The number of rotatable bonds is 8. The van der Waals surface area contributed by atoms with Crippen molar-refractivity contribution < 1.29 is 0 Å². The number of aromatic amines is 2. The van der Waals surface area contributed by atoms with E-state index in [1.165, 1.54) is 61.1 Å². The summed E-state index contributed by atoms with van der Waals surface area (Å²) in [7, 11) is 0. The predicted molar refractivity (Wildman–Crippen MR) is 173 cm³/mol. The number of nitrogens with one attached hydrogen (secondary N) is 2. The lowest BCUT2D eigenvalue weighted by Gasteiger charge is -2.28. The molecule has 4 nitrogen and oxygen atoms in total. The van der Waals surface area contributed by atoms with E-state index in [1.807, 2.05) is 0 Å². The molecule has 212 valence electrons. The normalized spacial score (nSPS) is 20.2. The van der Waals surface area contributed by atoms with Crippen LogP contribution < -0.4 is 10.7 Å². The van der Waals surface area contributed by atoms with Gasteiger partial charge in [-0.05, 0) is 115 Å². The topological polar surface area (TPSA) is 56.3 Å². The van der Waals surface area contributed by atoms with Crippen molar-refractivity contribution in [2.24, 2.45) is 9.98 Å². The number of aromatic nitrogens is 2. The summed E-state index contributed by atoms with van der Waals surface area (Å²) in [5.41, 5.74) is 15.6. The van der Waals surface area contributed by atoms with Crippen LogP contribution in [-0.2, 0) is 32.1 Å². The minimum Gasteiger partial charge on any atom is -0.358 e. The van der Waals surface area contributed by atoms with Gasteiger partial charge >= 0.3 is 0 Å². The third-order valence-corrected chi connectivity index (χ3v) is 9.52. The minimum absolute atomic E-state index is 0.202. The second-order valence-corrected chi connectivity index (χ2v) is 11.4. The lowest BCUT2D eigenvalue weighted by atomic mass is 9.82. The molecule has 0 saturated heterocycles. The number of hydrogen-bond donors (Lipinski definition) is 2. The van der Waals surface area contributed by atoms with E-state index in [1.54, 1.807) is 0 Å². The average molecular weight is 537 g/mol.